The summed E-state index contributed by atoms with van der Waals surface area (Å²) in [5.41, 5.74) is 6.12. The van der Waals surface area contributed by atoms with Crippen LogP contribution in [0.2, 0.25) is 0 Å². The van der Waals surface area contributed by atoms with Gasteiger partial charge in [-0.15, -0.1) is 0 Å². The summed E-state index contributed by atoms with van der Waals surface area (Å²) < 4.78 is 0. The molecule has 1 rings (SSSR count). The number of rotatable bonds is 3. The predicted octanol–water partition coefficient (Wildman–Crippen LogP) is 1.37. The SMILES string of the molecule is CC1CCN(C(N)=NCC(C)(C)N(C)C)CC1. The molecule has 1 heterocycles. The Bertz CT molecular complexity index is 263. The molecule has 1 aliphatic heterocycles. The molecular weight excluding hydrogens is 212 g/mol. The molecule has 0 aliphatic carbocycles. The van der Waals surface area contributed by atoms with E-state index >= 15 is 0 Å². The number of hydrogen-bond acceptors (Lipinski definition) is 2. The van der Waals surface area contributed by atoms with Crippen molar-refractivity contribution in [2.24, 2.45) is 16.6 Å². The van der Waals surface area contributed by atoms with Gasteiger partial charge in [-0.3, -0.25) is 4.99 Å². The minimum atomic E-state index is 0.0632. The van der Waals surface area contributed by atoms with Crippen molar-refractivity contribution in [1.82, 2.24) is 9.80 Å². The molecule has 100 valence electrons. The van der Waals surface area contributed by atoms with Crippen molar-refractivity contribution in [3.63, 3.8) is 0 Å². The van der Waals surface area contributed by atoms with Crippen molar-refractivity contribution in [1.29, 1.82) is 0 Å². The van der Waals surface area contributed by atoms with E-state index in [1.54, 1.807) is 0 Å². The largest absolute Gasteiger partial charge is 0.370 e. The first kappa shape index (κ1) is 14.3. The molecule has 0 radical (unpaired) electrons. The number of piperidine rings is 1. The van der Waals surface area contributed by atoms with E-state index in [9.17, 15) is 0 Å². The first-order chi connectivity index (χ1) is 7.83. The van der Waals surface area contributed by atoms with Gasteiger partial charge >= 0.3 is 0 Å². The Kier molecular flexibility index (Phi) is 4.80. The summed E-state index contributed by atoms with van der Waals surface area (Å²) >= 11 is 0. The van der Waals surface area contributed by atoms with Crippen LogP contribution in [0.25, 0.3) is 0 Å². The summed E-state index contributed by atoms with van der Waals surface area (Å²) in [6, 6.07) is 0. The van der Waals surface area contributed by atoms with Gasteiger partial charge in [0.15, 0.2) is 5.96 Å². The highest BCUT2D eigenvalue weighted by molar-refractivity contribution is 5.78. The molecule has 1 saturated heterocycles. The second-order valence-electron chi connectivity index (χ2n) is 6.05. The molecule has 4 heteroatoms. The van der Waals surface area contributed by atoms with Gasteiger partial charge in [-0.2, -0.15) is 0 Å². The quantitative estimate of drug-likeness (QED) is 0.598. The summed E-state index contributed by atoms with van der Waals surface area (Å²) in [7, 11) is 4.16. The summed E-state index contributed by atoms with van der Waals surface area (Å²) in [5.74, 6) is 1.55. The van der Waals surface area contributed by atoms with E-state index in [4.69, 9.17) is 5.73 Å². The predicted molar refractivity (Wildman–Crippen MR) is 74.2 cm³/mol. The Balaban J connectivity index is 2.49. The van der Waals surface area contributed by atoms with Crippen molar-refractivity contribution in [3.8, 4) is 0 Å². The van der Waals surface area contributed by atoms with E-state index in [0.717, 1.165) is 25.6 Å². The fraction of sp³-hybridized carbons (Fsp3) is 0.923. The van der Waals surface area contributed by atoms with E-state index in [-0.39, 0.29) is 5.54 Å². The molecule has 0 aromatic carbocycles. The highest BCUT2D eigenvalue weighted by atomic mass is 15.3. The molecule has 1 fully saturated rings. The Hall–Kier alpha value is -0.770. The van der Waals surface area contributed by atoms with Crippen LogP contribution in [0, 0.1) is 5.92 Å². The normalized spacial score (nSPS) is 20.1. The molecule has 0 amide bonds. The van der Waals surface area contributed by atoms with E-state index < -0.39 is 0 Å². The van der Waals surface area contributed by atoms with Gasteiger partial charge in [-0.1, -0.05) is 6.92 Å². The van der Waals surface area contributed by atoms with Crippen LogP contribution in [0.3, 0.4) is 0 Å². The molecule has 0 unspecified atom stereocenters. The highest BCUT2D eigenvalue weighted by Gasteiger charge is 2.21. The van der Waals surface area contributed by atoms with Crippen LogP contribution >= 0.6 is 0 Å². The van der Waals surface area contributed by atoms with E-state index in [1.807, 2.05) is 0 Å². The Morgan fingerprint density at radius 1 is 1.35 bits per heavy atom. The van der Waals surface area contributed by atoms with Crippen LogP contribution in [0.1, 0.15) is 33.6 Å². The van der Waals surface area contributed by atoms with Crippen LogP contribution in [0.5, 0.6) is 0 Å². The van der Waals surface area contributed by atoms with Gasteiger partial charge in [0.2, 0.25) is 0 Å². The van der Waals surface area contributed by atoms with Crippen LogP contribution in [0.15, 0.2) is 4.99 Å². The zero-order valence-corrected chi connectivity index (χ0v) is 12.0. The number of nitrogens with zero attached hydrogens (tertiary/aromatic N) is 3. The summed E-state index contributed by atoms with van der Waals surface area (Å²) in [4.78, 5) is 8.94. The summed E-state index contributed by atoms with van der Waals surface area (Å²) in [6.45, 7) is 9.53. The van der Waals surface area contributed by atoms with Crippen molar-refractivity contribution >= 4 is 5.96 Å². The molecule has 0 atom stereocenters. The molecular formula is C13H28N4. The van der Waals surface area contributed by atoms with Crippen molar-refractivity contribution < 1.29 is 0 Å². The molecule has 17 heavy (non-hydrogen) atoms. The second-order valence-corrected chi connectivity index (χ2v) is 6.05. The van der Waals surface area contributed by atoms with Crippen LogP contribution < -0.4 is 5.73 Å². The number of hydrogen-bond donors (Lipinski definition) is 1. The Labute approximate surface area is 106 Å². The van der Waals surface area contributed by atoms with Crippen LogP contribution in [-0.2, 0) is 0 Å². The Morgan fingerprint density at radius 2 is 1.88 bits per heavy atom. The minimum absolute atomic E-state index is 0.0632. The van der Waals surface area contributed by atoms with E-state index in [0.29, 0.717) is 5.96 Å². The third-order valence-electron chi connectivity index (χ3n) is 3.95. The lowest BCUT2D eigenvalue weighted by atomic mass is 9.99. The molecule has 1 aliphatic rings. The maximum absolute atomic E-state index is 6.06. The van der Waals surface area contributed by atoms with Gasteiger partial charge in [0.1, 0.15) is 0 Å². The van der Waals surface area contributed by atoms with Gasteiger partial charge < -0.3 is 15.5 Å². The van der Waals surface area contributed by atoms with E-state index in [1.165, 1.54) is 12.8 Å². The number of likely N-dealkylation sites (tertiary alicyclic amines) is 1. The maximum atomic E-state index is 6.06. The molecule has 2 N–H and O–H groups in total. The fourth-order valence-corrected chi connectivity index (χ4v) is 1.75. The third-order valence-corrected chi connectivity index (χ3v) is 3.95. The second kappa shape index (κ2) is 5.71. The van der Waals surface area contributed by atoms with Crippen molar-refractivity contribution in [2.75, 3.05) is 33.7 Å². The maximum Gasteiger partial charge on any atom is 0.191 e. The smallest absolute Gasteiger partial charge is 0.191 e. The summed E-state index contributed by atoms with van der Waals surface area (Å²) in [5, 5.41) is 0. The standard InChI is InChI=1S/C13H28N4/c1-11-6-8-17(9-7-11)12(14)15-10-13(2,3)16(4)5/h11H,6-10H2,1-5H3,(H2,14,15). The van der Waals surface area contributed by atoms with Gasteiger partial charge in [0.25, 0.3) is 0 Å². The van der Waals surface area contributed by atoms with Gasteiger partial charge in [-0.25, -0.2) is 0 Å². The average molecular weight is 240 g/mol. The average Bonchev–Trinajstić information content (AvgIpc) is 2.27. The molecule has 4 nitrogen and oxygen atoms in total. The fourth-order valence-electron chi connectivity index (χ4n) is 1.75. The van der Waals surface area contributed by atoms with Gasteiger partial charge in [0.05, 0.1) is 6.54 Å². The molecule has 0 spiro atoms. The molecule has 0 aromatic heterocycles. The lowest BCUT2D eigenvalue weighted by molar-refractivity contribution is 0.203. The zero-order chi connectivity index (χ0) is 13.1. The lowest BCUT2D eigenvalue weighted by Gasteiger charge is -2.33. The monoisotopic (exact) mass is 240 g/mol. The Morgan fingerprint density at radius 3 is 2.35 bits per heavy atom. The first-order valence-corrected chi connectivity index (χ1v) is 6.55. The number of likely N-dealkylation sites (N-methyl/N-ethyl adjacent to an activating group) is 1. The third kappa shape index (κ3) is 4.19. The number of nitrogens with two attached hydrogens (primary N) is 1. The summed E-state index contributed by atoms with van der Waals surface area (Å²) in [6.07, 6.45) is 2.46. The molecule has 0 aromatic rings. The van der Waals surface area contributed by atoms with Gasteiger partial charge in [0, 0.05) is 18.6 Å². The topological polar surface area (TPSA) is 44.9 Å². The van der Waals surface area contributed by atoms with E-state index in [2.05, 4.69) is 49.7 Å². The van der Waals surface area contributed by atoms with Crippen LogP contribution in [0.4, 0.5) is 0 Å². The lowest BCUT2D eigenvalue weighted by Crippen LogP contribution is -2.45. The van der Waals surface area contributed by atoms with Crippen LogP contribution in [-0.4, -0.2) is 55.0 Å². The minimum Gasteiger partial charge on any atom is -0.370 e. The van der Waals surface area contributed by atoms with Crippen molar-refractivity contribution in [2.45, 2.75) is 39.2 Å². The first-order valence-electron chi connectivity index (χ1n) is 6.55. The van der Waals surface area contributed by atoms with Gasteiger partial charge in [-0.05, 0) is 46.7 Å². The highest BCUT2D eigenvalue weighted by Crippen LogP contribution is 2.16. The molecule has 0 bridgehead atoms. The number of guanidine groups is 1. The zero-order valence-electron chi connectivity index (χ0n) is 12.0. The molecule has 0 saturated carbocycles. The van der Waals surface area contributed by atoms with Crippen molar-refractivity contribution in [3.05, 3.63) is 0 Å². The number of aliphatic imine (C=N–C) groups is 1.